The molecule has 1 atom stereocenters. The van der Waals surface area contributed by atoms with Crippen molar-refractivity contribution in [1.82, 2.24) is 9.97 Å². The summed E-state index contributed by atoms with van der Waals surface area (Å²) >= 11 is 0. The minimum absolute atomic E-state index is 0.369. The topological polar surface area (TPSA) is 61.7 Å². The second-order valence-corrected chi connectivity index (χ2v) is 5.15. The molecule has 0 amide bonds. The molecule has 0 saturated heterocycles. The summed E-state index contributed by atoms with van der Waals surface area (Å²) in [6.07, 6.45) is 6.03. The number of ether oxygens (including phenoxy) is 1. The fraction of sp³-hybridized carbons (Fsp3) is 0.412. The van der Waals surface area contributed by atoms with Gasteiger partial charge in [0.2, 0.25) is 5.82 Å². The van der Waals surface area contributed by atoms with Crippen LogP contribution in [0.2, 0.25) is 0 Å². The zero-order valence-electron chi connectivity index (χ0n) is 12.6. The highest BCUT2D eigenvalue weighted by Gasteiger charge is 2.17. The van der Waals surface area contributed by atoms with Crippen LogP contribution in [0.15, 0.2) is 30.5 Å². The molecule has 1 aromatic heterocycles. The second kappa shape index (κ2) is 7.49. The van der Waals surface area contributed by atoms with Gasteiger partial charge in [0.25, 0.3) is 0 Å². The van der Waals surface area contributed by atoms with Crippen molar-refractivity contribution in [3.05, 3.63) is 47.5 Å². The van der Waals surface area contributed by atoms with Crippen LogP contribution in [0.1, 0.15) is 49.2 Å². The van der Waals surface area contributed by atoms with Gasteiger partial charge in [-0.05, 0) is 30.4 Å². The molecule has 4 nitrogen and oxygen atoms in total. The third-order valence-electron chi connectivity index (χ3n) is 3.69. The maximum Gasteiger partial charge on any atom is 0.210 e. The van der Waals surface area contributed by atoms with Crippen LogP contribution in [0.4, 0.5) is 0 Å². The molecule has 0 fully saturated rings. The molecule has 0 bridgehead atoms. The number of aromatic amines is 1. The van der Waals surface area contributed by atoms with E-state index in [-0.39, 0.29) is 0 Å². The van der Waals surface area contributed by atoms with E-state index in [0.29, 0.717) is 11.7 Å². The molecule has 0 aliphatic rings. The second-order valence-electron chi connectivity index (χ2n) is 5.15. The number of hydrogen-bond donors (Lipinski definition) is 1. The smallest absolute Gasteiger partial charge is 0.210 e. The normalized spacial score (nSPS) is 11.9. The quantitative estimate of drug-likeness (QED) is 0.840. The van der Waals surface area contributed by atoms with Crippen LogP contribution in [-0.4, -0.2) is 17.1 Å². The lowest BCUT2D eigenvalue weighted by Crippen LogP contribution is -2.06. The number of nitrogens with zero attached hydrogens (tertiary/aromatic N) is 2. The third-order valence-corrected chi connectivity index (χ3v) is 3.69. The number of para-hydroxylation sites is 1. The maximum absolute atomic E-state index is 8.86. The zero-order chi connectivity index (χ0) is 15.1. The van der Waals surface area contributed by atoms with E-state index in [0.717, 1.165) is 30.7 Å². The maximum atomic E-state index is 8.86. The van der Waals surface area contributed by atoms with E-state index in [4.69, 9.17) is 10.00 Å². The predicted octanol–water partition coefficient (Wildman–Crippen LogP) is 3.81. The summed E-state index contributed by atoms with van der Waals surface area (Å²) in [7, 11) is 1.71. The number of H-pyrrole nitrogens is 1. The van der Waals surface area contributed by atoms with Gasteiger partial charge in [0.15, 0.2) is 0 Å². The third kappa shape index (κ3) is 3.85. The molecule has 1 aromatic carbocycles. The summed E-state index contributed by atoms with van der Waals surface area (Å²) in [5.41, 5.74) is 2.22. The molecule has 0 aliphatic carbocycles. The summed E-state index contributed by atoms with van der Waals surface area (Å²) in [5, 5.41) is 8.86. The molecule has 1 N–H and O–H groups in total. The van der Waals surface area contributed by atoms with Crippen LogP contribution >= 0.6 is 0 Å². The van der Waals surface area contributed by atoms with Crippen LogP contribution in [0.3, 0.4) is 0 Å². The van der Waals surface area contributed by atoms with E-state index in [1.165, 1.54) is 12.0 Å². The van der Waals surface area contributed by atoms with Gasteiger partial charge in [0.1, 0.15) is 11.8 Å². The Balaban J connectivity index is 2.23. The minimum atomic E-state index is 0.369. The molecule has 1 unspecified atom stereocenters. The van der Waals surface area contributed by atoms with Crippen molar-refractivity contribution < 1.29 is 4.74 Å². The van der Waals surface area contributed by atoms with Gasteiger partial charge in [0.05, 0.1) is 7.11 Å². The first-order valence-electron chi connectivity index (χ1n) is 7.35. The number of unbranched alkanes of at least 4 members (excludes halogenated alkanes) is 1. The van der Waals surface area contributed by atoms with Gasteiger partial charge in [-0.25, -0.2) is 4.98 Å². The number of methoxy groups -OCH3 is 1. The number of imidazole rings is 1. The van der Waals surface area contributed by atoms with Crippen LogP contribution in [0.5, 0.6) is 5.75 Å². The molecule has 2 aromatic rings. The van der Waals surface area contributed by atoms with E-state index in [1.807, 2.05) is 24.3 Å². The standard InChI is InChI=1S/C17H21N3O/c1-3-4-7-13(10-14-12-19-17(11-18)20-14)15-8-5-6-9-16(15)21-2/h5-6,8-9,12-13H,3-4,7,10H2,1-2H3,(H,19,20). The summed E-state index contributed by atoms with van der Waals surface area (Å²) in [6.45, 7) is 2.20. The highest BCUT2D eigenvalue weighted by molar-refractivity contribution is 5.37. The zero-order valence-corrected chi connectivity index (χ0v) is 12.6. The molecule has 110 valence electrons. The first-order valence-corrected chi connectivity index (χ1v) is 7.35. The summed E-state index contributed by atoms with van der Waals surface area (Å²) in [5.74, 6) is 1.67. The minimum Gasteiger partial charge on any atom is -0.496 e. The van der Waals surface area contributed by atoms with Gasteiger partial charge in [-0.1, -0.05) is 38.0 Å². The average molecular weight is 283 g/mol. The number of nitriles is 1. The number of benzene rings is 1. The Morgan fingerprint density at radius 3 is 2.86 bits per heavy atom. The van der Waals surface area contributed by atoms with Crippen molar-refractivity contribution in [1.29, 1.82) is 5.26 Å². The van der Waals surface area contributed by atoms with Gasteiger partial charge in [-0.3, -0.25) is 0 Å². The van der Waals surface area contributed by atoms with Crippen LogP contribution in [0, 0.1) is 11.3 Å². The summed E-state index contributed by atoms with van der Waals surface area (Å²) in [6, 6.07) is 10.2. The predicted molar refractivity (Wildman–Crippen MR) is 82.3 cm³/mol. The summed E-state index contributed by atoms with van der Waals surface area (Å²) in [4.78, 5) is 7.12. The highest BCUT2D eigenvalue weighted by Crippen LogP contribution is 2.32. The van der Waals surface area contributed by atoms with Gasteiger partial charge >= 0.3 is 0 Å². The molecule has 0 spiro atoms. The monoisotopic (exact) mass is 283 g/mol. The molecule has 0 aliphatic heterocycles. The van der Waals surface area contributed by atoms with E-state index in [1.54, 1.807) is 13.3 Å². The molecule has 4 heteroatoms. The van der Waals surface area contributed by atoms with E-state index in [9.17, 15) is 0 Å². The first kappa shape index (κ1) is 15.1. The van der Waals surface area contributed by atoms with Gasteiger partial charge in [-0.15, -0.1) is 0 Å². The Morgan fingerprint density at radius 2 is 2.19 bits per heavy atom. The summed E-state index contributed by atoms with van der Waals surface area (Å²) < 4.78 is 5.49. The first-order chi connectivity index (χ1) is 10.3. The number of aromatic nitrogens is 2. The Bertz CT molecular complexity index is 612. The lowest BCUT2D eigenvalue weighted by atomic mass is 9.89. The highest BCUT2D eigenvalue weighted by atomic mass is 16.5. The van der Waals surface area contributed by atoms with Crippen molar-refractivity contribution in [2.24, 2.45) is 0 Å². The molecular weight excluding hydrogens is 262 g/mol. The molecule has 0 saturated carbocycles. The van der Waals surface area contributed by atoms with Crippen molar-refractivity contribution in [2.45, 2.75) is 38.5 Å². The molecular formula is C17H21N3O. The Kier molecular flexibility index (Phi) is 5.39. The van der Waals surface area contributed by atoms with Crippen molar-refractivity contribution in [3.8, 4) is 11.8 Å². The number of rotatable bonds is 7. The molecule has 21 heavy (non-hydrogen) atoms. The van der Waals surface area contributed by atoms with Crippen molar-refractivity contribution >= 4 is 0 Å². The molecule has 2 rings (SSSR count). The van der Waals surface area contributed by atoms with Crippen LogP contribution in [-0.2, 0) is 6.42 Å². The SMILES string of the molecule is CCCCC(Cc1cnc(C#N)[nH]1)c1ccccc1OC. The van der Waals surface area contributed by atoms with Gasteiger partial charge in [0, 0.05) is 11.9 Å². The van der Waals surface area contributed by atoms with E-state index in [2.05, 4.69) is 23.0 Å². The largest absolute Gasteiger partial charge is 0.496 e. The van der Waals surface area contributed by atoms with Crippen LogP contribution < -0.4 is 4.74 Å². The lowest BCUT2D eigenvalue weighted by molar-refractivity contribution is 0.402. The molecule has 1 heterocycles. The Morgan fingerprint density at radius 1 is 1.38 bits per heavy atom. The number of hydrogen-bond acceptors (Lipinski definition) is 3. The van der Waals surface area contributed by atoms with Crippen molar-refractivity contribution in [2.75, 3.05) is 7.11 Å². The van der Waals surface area contributed by atoms with E-state index >= 15 is 0 Å². The van der Waals surface area contributed by atoms with Gasteiger partial charge in [-0.2, -0.15) is 5.26 Å². The van der Waals surface area contributed by atoms with Crippen LogP contribution in [0.25, 0.3) is 0 Å². The van der Waals surface area contributed by atoms with Gasteiger partial charge < -0.3 is 9.72 Å². The average Bonchev–Trinajstić information content (AvgIpc) is 2.99. The fourth-order valence-corrected chi connectivity index (χ4v) is 2.61. The molecule has 0 radical (unpaired) electrons. The van der Waals surface area contributed by atoms with Crippen molar-refractivity contribution in [3.63, 3.8) is 0 Å². The number of nitrogens with one attached hydrogen (secondary N) is 1. The van der Waals surface area contributed by atoms with E-state index < -0.39 is 0 Å². The lowest BCUT2D eigenvalue weighted by Gasteiger charge is -2.19. The Labute approximate surface area is 125 Å². The fourth-order valence-electron chi connectivity index (χ4n) is 2.61. The Hall–Kier alpha value is -2.28.